The van der Waals surface area contributed by atoms with Crippen molar-refractivity contribution in [3.63, 3.8) is 0 Å². The van der Waals surface area contributed by atoms with Gasteiger partial charge in [-0.05, 0) is 83.9 Å². The molecule has 0 radical (unpaired) electrons. The SMILES string of the molecule is N#Cc1ccc(-c2cc(C#N)ccc2-n2c3ccccc3c3cc(-c4ccc(-n5c6ccccc6c6ccccc65)c(C#N)c4)ccc32)c(C#N)c1. The molecule has 0 fully saturated rings. The van der Waals surface area contributed by atoms with Crippen LogP contribution in [0.5, 0.6) is 0 Å². The second-order valence-corrected chi connectivity index (χ2v) is 12.6. The normalized spacial score (nSPS) is 11.0. The van der Waals surface area contributed by atoms with Crippen LogP contribution in [0, 0.1) is 45.3 Å². The van der Waals surface area contributed by atoms with E-state index in [-0.39, 0.29) is 0 Å². The molecular formula is C46H24N6. The first-order chi connectivity index (χ1) is 25.6. The number of fused-ring (bicyclic) bond motifs is 6. The van der Waals surface area contributed by atoms with Crippen LogP contribution in [0.4, 0.5) is 0 Å². The Labute approximate surface area is 298 Å². The van der Waals surface area contributed by atoms with Crippen molar-refractivity contribution in [3.05, 3.63) is 168 Å². The summed E-state index contributed by atoms with van der Waals surface area (Å²) in [5, 5.41) is 44.2. The van der Waals surface area contributed by atoms with Crippen LogP contribution >= 0.6 is 0 Å². The van der Waals surface area contributed by atoms with Gasteiger partial charge in [0.25, 0.3) is 0 Å². The van der Waals surface area contributed by atoms with Gasteiger partial charge in [0.2, 0.25) is 0 Å². The van der Waals surface area contributed by atoms with Gasteiger partial charge in [-0.3, -0.25) is 0 Å². The van der Waals surface area contributed by atoms with Gasteiger partial charge in [-0.2, -0.15) is 21.0 Å². The molecule has 0 aliphatic heterocycles. The lowest BCUT2D eigenvalue weighted by molar-refractivity contribution is 1.17. The lowest BCUT2D eigenvalue weighted by Crippen LogP contribution is -1.99. The molecule has 2 aromatic heterocycles. The number of benzene rings is 7. The first kappa shape index (κ1) is 30.2. The Morgan fingerprint density at radius 2 is 0.846 bits per heavy atom. The fourth-order valence-electron chi connectivity index (χ4n) is 7.55. The van der Waals surface area contributed by atoms with Crippen LogP contribution in [0.25, 0.3) is 77.2 Å². The molecule has 7 aromatic carbocycles. The number of hydrogen-bond donors (Lipinski definition) is 0. The predicted octanol–water partition coefficient (Wildman–Crippen LogP) is 10.7. The van der Waals surface area contributed by atoms with E-state index in [1.807, 2.05) is 54.6 Å². The lowest BCUT2D eigenvalue weighted by Gasteiger charge is -2.16. The average molecular weight is 661 g/mol. The van der Waals surface area contributed by atoms with E-state index in [1.165, 1.54) is 0 Å². The molecule has 9 rings (SSSR count). The third-order valence-electron chi connectivity index (χ3n) is 9.87. The van der Waals surface area contributed by atoms with E-state index < -0.39 is 0 Å². The van der Waals surface area contributed by atoms with Gasteiger partial charge in [-0.15, -0.1) is 0 Å². The van der Waals surface area contributed by atoms with Crippen LogP contribution in [0.3, 0.4) is 0 Å². The first-order valence-electron chi connectivity index (χ1n) is 16.7. The average Bonchev–Trinajstić information content (AvgIpc) is 3.72. The Kier molecular flexibility index (Phi) is 6.91. The zero-order chi connectivity index (χ0) is 35.3. The summed E-state index contributed by atoms with van der Waals surface area (Å²) in [6.07, 6.45) is 0. The van der Waals surface area contributed by atoms with E-state index in [1.54, 1.807) is 30.3 Å². The maximum absolute atomic E-state index is 10.5. The summed E-state index contributed by atoms with van der Waals surface area (Å²) in [6, 6.07) is 56.8. The fraction of sp³-hybridized carbons (Fsp3) is 0. The molecule has 0 saturated heterocycles. The number of nitrogens with zero attached hydrogens (tertiary/aromatic N) is 6. The van der Waals surface area contributed by atoms with E-state index >= 15 is 0 Å². The molecule has 52 heavy (non-hydrogen) atoms. The molecule has 0 bridgehead atoms. The van der Waals surface area contributed by atoms with Crippen LogP contribution in [-0.4, -0.2) is 9.13 Å². The Bertz CT molecular complexity index is 3080. The molecule has 0 aliphatic carbocycles. The number of rotatable bonds is 4. The summed E-state index contributed by atoms with van der Waals surface area (Å²) < 4.78 is 4.33. The molecule has 2 heterocycles. The maximum Gasteiger partial charge on any atom is 0.101 e. The molecule has 0 unspecified atom stereocenters. The van der Waals surface area contributed by atoms with Crippen molar-refractivity contribution in [3.8, 4) is 57.9 Å². The highest BCUT2D eigenvalue weighted by Gasteiger charge is 2.20. The zero-order valence-electron chi connectivity index (χ0n) is 27.5. The molecule has 0 amide bonds. The highest BCUT2D eigenvalue weighted by Crippen LogP contribution is 2.40. The van der Waals surface area contributed by atoms with Crippen LogP contribution in [0.15, 0.2) is 146 Å². The van der Waals surface area contributed by atoms with Gasteiger partial charge >= 0.3 is 0 Å². The van der Waals surface area contributed by atoms with E-state index in [0.717, 1.165) is 66.1 Å². The van der Waals surface area contributed by atoms with E-state index in [0.29, 0.717) is 33.4 Å². The van der Waals surface area contributed by atoms with Crippen molar-refractivity contribution in [2.45, 2.75) is 0 Å². The van der Waals surface area contributed by atoms with Crippen molar-refractivity contribution in [1.29, 1.82) is 21.0 Å². The summed E-state index contributed by atoms with van der Waals surface area (Å²) >= 11 is 0. The molecule has 0 N–H and O–H groups in total. The van der Waals surface area contributed by atoms with Crippen molar-refractivity contribution < 1.29 is 0 Å². The molecular weight excluding hydrogens is 637 g/mol. The van der Waals surface area contributed by atoms with Gasteiger partial charge in [0.05, 0.1) is 73.9 Å². The van der Waals surface area contributed by atoms with Crippen molar-refractivity contribution >= 4 is 43.6 Å². The Balaban J connectivity index is 1.23. The van der Waals surface area contributed by atoms with Crippen LogP contribution in [0.1, 0.15) is 22.3 Å². The molecule has 0 atom stereocenters. The number of aromatic nitrogens is 2. The summed E-state index contributed by atoms with van der Waals surface area (Å²) in [6.45, 7) is 0. The molecule has 6 heteroatoms. The highest BCUT2D eigenvalue weighted by molar-refractivity contribution is 6.11. The van der Waals surface area contributed by atoms with Gasteiger partial charge in [-0.25, -0.2) is 0 Å². The van der Waals surface area contributed by atoms with Gasteiger partial charge in [0, 0.05) is 32.7 Å². The highest BCUT2D eigenvalue weighted by atomic mass is 15.0. The second kappa shape index (κ2) is 11.9. The van der Waals surface area contributed by atoms with Crippen molar-refractivity contribution in [2.24, 2.45) is 0 Å². The van der Waals surface area contributed by atoms with E-state index in [4.69, 9.17) is 0 Å². The number of nitriles is 4. The quantitative estimate of drug-likeness (QED) is 0.187. The topological polar surface area (TPSA) is 105 Å². The Morgan fingerprint density at radius 1 is 0.346 bits per heavy atom. The van der Waals surface area contributed by atoms with Gasteiger partial charge in [0.1, 0.15) is 6.07 Å². The molecule has 0 spiro atoms. The monoisotopic (exact) mass is 660 g/mol. The van der Waals surface area contributed by atoms with Crippen molar-refractivity contribution in [1.82, 2.24) is 9.13 Å². The predicted molar refractivity (Wildman–Crippen MR) is 205 cm³/mol. The largest absolute Gasteiger partial charge is 0.309 e. The van der Waals surface area contributed by atoms with E-state index in [9.17, 15) is 21.0 Å². The summed E-state index contributed by atoms with van der Waals surface area (Å²) in [5.41, 5.74) is 10.7. The van der Waals surface area contributed by atoms with Crippen LogP contribution in [0.2, 0.25) is 0 Å². The first-order valence-corrected chi connectivity index (χ1v) is 16.7. The minimum Gasteiger partial charge on any atom is -0.309 e. The standard InChI is InChI=1S/C46H24N6/c47-25-29-13-17-35(33(21-29)27-49)39-22-30(26-48)14-18-45(39)52-44-12-6-3-9-38(44)40-24-32(16-20-46(40)52)31-15-19-41(34(23-31)28-50)51-42-10-4-1-7-36(42)37-8-2-5-11-43(37)51/h1-24H. The molecule has 6 nitrogen and oxygen atoms in total. The summed E-state index contributed by atoms with van der Waals surface area (Å²) in [7, 11) is 0. The van der Waals surface area contributed by atoms with Gasteiger partial charge in [-0.1, -0.05) is 72.8 Å². The molecule has 238 valence electrons. The van der Waals surface area contributed by atoms with Crippen LogP contribution in [-0.2, 0) is 0 Å². The van der Waals surface area contributed by atoms with E-state index in [2.05, 4.69) is 94.1 Å². The lowest BCUT2D eigenvalue weighted by atomic mass is 9.95. The van der Waals surface area contributed by atoms with Crippen LogP contribution < -0.4 is 0 Å². The van der Waals surface area contributed by atoms with Crippen molar-refractivity contribution in [2.75, 3.05) is 0 Å². The second-order valence-electron chi connectivity index (χ2n) is 12.6. The Hall–Kier alpha value is -7.90. The van der Waals surface area contributed by atoms with Gasteiger partial charge < -0.3 is 9.13 Å². The Morgan fingerprint density at radius 3 is 1.48 bits per heavy atom. The molecule has 0 aliphatic rings. The summed E-state index contributed by atoms with van der Waals surface area (Å²) in [4.78, 5) is 0. The third kappa shape index (κ3) is 4.54. The zero-order valence-corrected chi connectivity index (χ0v) is 27.5. The third-order valence-corrected chi connectivity index (χ3v) is 9.87. The molecule has 0 saturated carbocycles. The smallest absolute Gasteiger partial charge is 0.101 e. The van der Waals surface area contributed by atoms with Gasteiger partial charge in [0.15, 0.2) is 0 Å². The maximum atomic E-state index is 10.5. The summed E-state index contributed by atoms with van der Waals surface area (Å²) in [5.74, 6) is 0. The number of hydrogen-bond acceptors (Lipinski definition) is 4. The fourth-order valence-corrected chi connectivity index (χ4v) is 7.55. The number of para-hydroxylation sites is 3. The minimum atomic E-state index is 0.357. The molecule has 9 aromatic rings. The minimum absolute atomic E-state index is 0.357.